The van der Waals surface area contributed by atoms with Gasteiger partial charge in [-0.05, 0) is 24.6 Å². The summed E-state index contributed by atoms with van der Waals surface area (Å²) in [6.07, 6.45) is 4.71. The first kappa shape index (κ1) is 12.7. The van der Waals surface area contributed by atoms with Gasteiger partial charge in [0, 0.05) is 31.4 Å². The molecular formula is C13H15F2N3. The minimum absolute atomic E-state index is 0.351. The number of halogens is 2. The highest BCUT2D eigenvalue weighted by Crippen LogP contribution is 2.14. The first-order valence-electron chi connectivity index (χ1n) is 5.84. The fourth-order valence-corrected chi connectivity index (χ4v) is 1.81. The lowest BCUT2D eigenvalue weighted by Crippen LogP contribution is -2.09. The van der Waals surface area contributed by atoms with Crippen molar-refractivity contribution in [3.63, 3.8) is 0 Å². The van der Waals surface area contributed by atoms with Gasteiger partial charge < -0.3 is 10.3 Å². The van der Waals surface area contributed by atoms with E-state index in [4.69, 9.17) is 5.73 Å². The van der Waals surface area contributed by atoms with Gasteiger partial charge in [0.25, 0.3) is 0 Å². The summed E-state index contributed by atoms with van der Waals surface area (Å²) in [6, 6.07) is 3.60. The fraction of sp³-hybridized carbons (Fsp3) is 0.308. The molecule has 0 aliphatic rings. The van der Waals surface area contributed by atoms with Crippen LogP contribution < -0.4 is 5.73 Å². The van der Waals surface area contributed by atoms with Gasteiger partial charge >= 0.3 is 0 Å². The van der Waals surface area contributed by atoms with Crippen molar-refractivity contribution in [3.8, 4) is 0 Å². The van der Waals surface area contributed by atoms with E-state index in [1.807, 2.05) is 10.8 Å². The summed E-state index contributed by atoms with van der Waals surface area (Å²) in [6.45, 7) is 1.36. The molecule has 0 atom stereocenters. The van der Waals surface area contributed by atoms with Crippen molar-refractivity contribution in [2.24, 2.45) is 5.73 Å². The predicted octanol–water partition coefficient (Wildman–Crippen LogP) is 2.10. The maximum absolute atomic E-state index is 13.5. The zero-order valence-electron chi connectivity index (χ0n) is 9.94. The molecule has 0 unspecified atom stereocenters. The summed E-state index contributed by atoms with van der Waals surface area (Å²) in [5, 5.41) is 0. The van der Waals surface area contributed by atoms with Crippen LogP contribution in [0.5, 0.6) is 0 Å². The normalized spacial score (nSPS) is 10.8. The van der Waals surface area contributed by atoms with Gasteiger partial charge in [0.05, 0.1) is 0 Å². The summed E-state index contributed by atoms with van der Waals surface area (Å²) < 4.78 is 28.3. The third kappa shape index (κ3) is 2.92. The summed E-state index contributed by atoms with van der Waals surface area (Å²) in [4.78, 5) is 4.19. The topological polar surface area (TPSA) is 43.8 Å². The van der Waals surface area contributed by atoms with Crippen molar-refractivity contribution in [1.29, 1.82) is 0 Å². The minimum atomic E-state index is -0.567. The fourth-order valence-electron chi connectivity index (χ4n) is 1.81. The highest BCUT2D eigenvalue weighted by atomic mass is 19.1. The van der Waals surface area contributed by atoms with Crippen LogP contribution in [0.2, 0.25) is 0 Å². The van der Waals surface area contributed by atoms with Crippen LogP contribution >= 0.6 is 0 Å². The van der Waals surface area contributed by atoms with Gasteiger partial charge in [-0.3, -0.25) is 0 Å². The molecular weight excluding hydrogens is 236 g/mol. The Labute approximate surface area is 104 Å². The summed E-state index contributed by atoms with van der Waals surface area (Å²) in [5.41, 5.74) is 5.89. The third-order valence-electron chi connectivity index (χ3n) is 2.77. The third-order valence-corrected chi connectivity index (χ3v) is 2.77. The summed E-state index contributed by atoms with van der Waals surface area (Å²) in [5.74, 6) is -0.347. The van der Waals surface area contributed by atoms with E-state index in [0.29, 0.717) is 18.5 Å². The molecule has 96 valence electrons. The zero-order chi connectivity index (χ0) is 13.0. The first-order chi connectivity index (χ1) is 8.70. The van der Waals surface area contributed by atoms with Crippen LogP contribution in [0.1, 0.15) is 17.8 Å². The molecule has 0 fully saturated rings. The molecule has 1 aromatic heterocycles. The lowest BCUT2D eigenvalue weighted by Gasteiger charge is -2.07. The van der Waals surface area contributed by atoms with Crippen LogP contribution in [-0.2, 0) is 13.0 Å². The van der Waals surface area contributed by atoms with E-state index in [1.165, 1.54) is 12.1 Å². The molecule has 18 heavy (non-hydrogen) atoms. The van der Waals surface area contributed by atoms with Crippen molar-refractivity contribution in [2.75, 3.05) is 6.54 Å². The van der Waals surface area contributed by atoms with Gasteiger partial charge in [0.2, 0.25) is 0 Å². The lowest BCUT2D eigenvalue weighted by molar-refractivity contribution is 0.569. The Morgan fingerprint density at radius 3 is 2.83 bits per heavy atom. The molecule has 3 nitrogen and oxygen atoms in total. The Hall–Kier alpha value is -1.75. The number of nitrogens with zero attached hydrogens (tertiary/aromatic N) is 2. The largest absolute Gasteiger partial charge is 0.335 e. The molecule has 0 spiro atoms. The average molecular weight is 251 g/mol. The molecule has 5 heteroatoms. The Morgan fingerprint density at radius 1 is 1.28 bits per heavy atom. The molecule has 2 aromatic rings. The molecule has 0 aliphatic heterocycles. The summed E-state index contributed by atoms with van der Waals surface area (Å²) >= 11 is 0. The molecule has 0 radical (unpaired) electrons. The number of aromatic nitrogens is 2. The molecule has 2 N–H and O–H groups in total. The van der Waals surface area contributed by atoms with E-state index < -0.39 is 11.6 Å². The van der Waals surface area contributed by atoms with Gasteiger partial charge in [-0.1, -0.05) is 6.07 Å². The Morgan fingerprint density at radius 2 is 2.11 bits per heavy atom. The minimum Gasteiger partial charge on any atom is -0.335 e. The second kappa shape index (κ2) is 5.73. The number of benzene rings is 1. The van der Waals surface area contributed by atoms with E-state index in [9.17, 15) is 8.78 Å². The van der Waals surface area contributed by atoms with Gasteiger partial charge in [0.15, 0.2) is 0 Å². The van der Waals surface area contributed by atoms with Gasteiger partial charge in [-0.25, -0.2) is 13.8 Å². The molecule has 0 saturated carbocycles. The van der Waals surface area contributed by atoms with Crippen LogP contribution in [0.3, 0.4) is 0 Å². The highest BCUT2D eigenvalue weighted by Gasteiger charge is 2.08. The molecule has 2 rings (SSSR count). The number of hydrogen-bond acceptors (Lipinski definition) is 2. The maximum Gasteiger partial charge on any atom is 0.129 e. The molecule has 0 aliphatic carbocycles. The smallest absolute Gasteiger partial charge is 0.129 e. The van der Waals surface area contributed by atoms with Crippen molar-refractivity contribution >= 4 is 0 Å². The number of imidazole rings is 1. The van der Waals surface area contributed by atoms with Crippen LogP contribution in [-0.4, -0.2) is 16.1 Å². The SMILES string of the molecule is NCCCn1ccnc1Cc1ccc(F)cc1F. The van der Waals surface area contributed by atoms with Gasteiger partial charge in [-0.15, -0.1) is 0 Å². The van der Waals surface area contributed by atoms with Crippen molar-refractivity contribution in [1.82, 2.24) is 9.55 Å². The molecule has 0 bridgehead atoms. The second-order valence-corrected chi connectivity index (χ2v) is 4.09. The zero-order valence-corrected chi connectivity index (χ0v) is 9.94. The standard InChI is InChI=1S/C13H15F2N3/c14-11-3-2-10(12(15)9-11)8-13-17-5-7-18(13)6-1-4-16/h2-3,5,7,9H,1,4,6,8,16H2. The predicted molar refractivity (Wildman–Crippen MR) is 65.1 cm³/mol. The number of hydrogen-bond donors (Lipinski definition) is 1. The van der Waals surface area contributed by atoms with Crippen LogP contribution in [0, 0.1) is 11.6 Å². The van der Waals surface area contributed by atoms with Gasteiger partial charge in [0.1, 0.15) is 17.5 Å². The lowest BCUT2D eigenvalue weighted by atomic mass is 10.1. The van der Waals surface area contributed by atoms with Crippen molar-refractivity contribution in [2.45, 2.75) is 19.4 Å². The van der Waals surface area contributed by atoms with Gasteiger partial charge in [-0.2, -0.15) is 0 Å². The van der Waals surface area contributed by atoms with Crippen LogP contribution in [0.15, 0.2) is 30.6 Å². The Balaban J connectivity index is 2.15. The molecule has 1 heterocycles. The van der Waals surface area contributed by atoms with E-state index in [2.05, 4.69) is 4.98 Å². The highest BCUT2D eigenvalue weighted by molar-refractivity contribution is 5.22. The van der Waals surface area contributed by atoms with E-state index >= 15 is 0 Å². The van der Waals surface area contributed by atoms with Crippen LogP contribution in [0.4, 0.5) is 8.78 Å². The van der Waals surface area contributed by atoms with Crippen molar-refractivity contribution in [3.05, 3.63) is 53.6 Å². The van der Waals surface area contributed by atoms with Crippen molar-refractivity contribution < 1.29 is 8.78 Å². The number of nitrogens with two attached hydrogens (primary N) is 1. The monoisotopic (exact) mass is 251 g/mol. The second-order valence-electron chi connectivity index (χ2n) is 4.09. The number of rotatable bonds is 5. The Kier molecular flexibility index (Phi) is 4.04. The maximum atomic E-state index is 13.5. The van der Waals surface area contributed by atoms with E-state index in [-0.39, 0.29) is 0 Å². The van der Waals surface area contributed by atoms with Crippen LogP contribution in [0.25, 0.3) is 0 Å². The molecule has 1 aromatic carbocycles. The molecule has 0 amide bonds. The van der Waals surface area contributed by atoms with E-state index in [1.54, 1.807) is 6.20 Å². The van der Waals surface area contributed by atoms with E-state index in [0.717, 1.165) is 24.9 Å². The molecule has 0 saturated heterocycles. The quantitative estimate of drug-likeness (QED) is 0.884. The average Bonchev–Trinajstić information content (AvgIpc) is 2.77. The Bertz CT molecular complexity index is 523. The number of aryl methyl sites for hydroxylation is 1. The first-order valence-corrected chi connectivity index (χ1v) is 5.84. The summed E-state index contributed by atoms with van der Waals surface area (Å²) in [7, 11) is 0.